The van der Waals surface area contributed by atoms with Gasteiger partial charge in [0.05, 0.1) is 12.1 Å². The zero-order valence-corrected chi connectivity index (χ0v) is 9.27. The van der Waals surface area contributed by atoms with Crippen LogP contribution in [0.25, 0.3) is 0 Å². The Morgan fingerprint density at radius 1 is 1.69 bits per heavy atom. The van der Waals surface area contributed by atoms with E-state index in [-0.39, 0.29) is 0 Å². The summed E-state index contributed by atoms with van der Waals surface area (Å²) in [6.07, 6.45) is 2.32. The molecular formula is C10H18N2S. The van der Waals surface area contributed by atoms with E-state index in [1.165, 1.54) is 6.42 Å². The van der Waals surface area contributed by atoms with E-state index in [2.05, 4.69) is 38.2 Å². The Kier molecular flexibility index (Phi) is 3.31. The Morgan fingerprint density at radius 2 is 2.31 bits per heavy atom. The van der Waals surface area contributed by atoms with Crippen LogP contribution in [0.5, 0.6) is 0 Å². The summed E-state index contributed by atoms with van der Waals surface area (Å²) >= 11 is 4.35. The van der Waals surface area contributed by atoms with Crippen molar-refractivity contribution in [2.45, 2.75) is 38.8 Å². The summed E-state index contributed by atoms with van der Waals surface area (Å²) in [4.78, 5) is 0. The molecule has 0 aromatic rings. The molecular weight excluding hydrogens is 180 g/mol. The van der Waals surface area contributed by atoms with Crippen LogP contribution in [0.1, 0.15) is 26.7 Å². The molecule has 1 fully saturated rings. The molecule has 1 aliphatic heterocycles. The predicted molar refractivity (Wildman–Crippen MR) is 60.4 cm³/mol. The average Bonchev–Trinajstić information content (AvgIpc) is 2.10. The van der Waals surface area contributed by atoms with Gasteiger partial charge >= 0.3 is 0 Å². The molecule has 0 radical (unpaired) electrons. The van der Waals surface area contributed by atoms with Crippen LogP contribution in [0, 0.1) is 0 Å². The third-order valence-corrected chi connectivity index (χ3v) is 2.89. The quantitative estimate of drug-likeness (QED) is 0.674. The van der Waals surface area contributed by atoms with Crippen LogP contribution in [-0.2, 0) is 0 Å². The molecule has 74 valence electrons. The van der Waals surface area contributed by atoms with E-state index in [0.717, 1.165) is 17.8 Å². The third-order valence-electron chi connectivity index (χ3n) is 2.34. The van der Waals surface area contributed by atoms with Gasteiger partial charge in [-0.15, -0.1) is 0 Å². The Hall–Kier alpha value is -0.570. The van der Waals surface area contributed by atoms with Crippen LogP contribution in [0.3, 0.4) is 0 Å². The molecule has 1 saturated heterocycles. The van der Waals surface area contributed by atoms with Crippen LogP contribution in [0.2, 0.25) is 0 Å². The van der Waals surface area contributed by atoms with Crippen LogP contribution in [-0.4, -0.2) is 16.4 Å². The monoisotopic (exact) mass is 198 g/mol. The van der Waals surface area contributed by atoms with Gasteiger partial charge in [-0.2, -0.15) is 0 Å². The summed E-state index contributed by atoms with van der Waals surface area (Å²) in [6.45, 7) is 11.9. The van der Waals surface area contributed by atoms with Crippen molar-refractivity contribution in [1.82, 2.24) is 9.62 Å². The zero-order chi connectivity index (χ0) is 10.0. The second kappa shape index (κ2) is 4.09. The van der Waals surface area contributed by atoms with Gasteiger partial charge in [0.2, 0.25) is 0 Å². The molecule has 0 aliphatic carbocycles. The highest BCUT2D eigenvalue weighted by Gasteiger charge is 2.39. The molecule has 13 heavy (non-hydrogen) atoms. The van der Waals surface area contributed by atoms with Crippen LogP contribution < -0.4 is 5.32 Å². The minimum absolute atomic E-state index is 0.343. The first-order valence-electron chi connectivity index (χ1n) is 4.66. The molecule has 0 aromatic carbocycles. The smallest absolute Gasteiger partial charge is 0.0876 e. The summed E-state index contributed by atoms with van der Waals surface area (Å²) in [5.74, 6) is 0. The maximum atomic E-state index is 4.35. The molecule has 0 amide bonds. The predicted octanol–water partition coefficient (Wildman–Crippen LogP) is 2.32. The Bertz CT molecular complexity index is 225. The summed E-state index contributed by atoms with van der Waals surface area (Å²) in [5, 5.41) is 3.31. The third kappa shape index (κ3) is 2.02. The fourth-order valence-corrected chi connectivity index (χ4v) is 2.04. The Balaban J connectivity index is 2.52. The maximum Gasteiger partial charge on any atom is 0.0876 e. The number of hydrogen-bond acceptors (Lipinski definition) is 3. The minimum Gasteiger partial charge on any atom is -0.379 e. The van der Waals surface area contributed by atoms with Gasteiger partial charge in [0.15, 0.2) is 0 Å². The Morgan fingerprint density at radius 3 is 2.77 bits per heavy atom. The van der Waals surface area contributed by atoms with E-state index in [9.17, 15) is 0 Å². The van der Waals surface area contributed by atoms with Crippen molar-refractivity contribution in [3.05, 3.63) is 24.6 Å². The molecule has 1 heterocycles. The normalized spacial score (nSPS) is 27.0. The number of allylic oxidation sites excluding steroid dienone is 1. The standard InChI is InChI=1S/C10H18N2S/c1-5-6-9-10(11-7(2)3)8(4)12(9)13/h9-11,13H,2,4-6H2,1,3H3. The van der Waals surface area contributed by atoms with Gasteiger partial charge in [-0.25, -0.2) is 0 Å². The van der Waals surface area contributed by atoms with Gasteiger partial charge in [-0.3, -0.25) is 0 Å². The molecule has 0 saturated carbocycles. The fraction of sp³-hybridized carbons (Fsp3) is 0.600. The first-order chi connectivity index (χ1) is 6.07. The van der Waals surface area contributed by atoms with E-state index in [1.807, 2.05) is 11.2 Å². The first-order valence-corrected chi connectivity index (χ1v) is 5.06. The average molecular weight is 198 g/mol. The topological polar surface area (TPSA) is 15.3 Å². The summed E-state index contributed by atoms with van der Waals surface area (Å²) in [5.41, 5.74) is 2.04. The van der Waals surface area contributed by atoms with Crippen molar-refractivity contribution in [3.63, 3.8) is 0 Å². The zero-order valence-electron chi connectivity index (χ0n) is 8.38. The van der Waals surface area contributed by atoms with Gasteiger partial charge in [0.25, 0.3) is 0 Å². The van der Waals surface area contributed by atoms with Gasteiger partial charge < -0.3 is 9.62 Å². The molecule has 3 heteroatoms. The summed E-state index contributed by atoms with van der Waals surface area (Å²) < 4.78 is 1.95. The van der Waals surface area contributed by atoms with Crippen LogP contribution in [0.4, 0.5) is 0 Å². The largest absolute Gasteiger partial charge is 0.379 e. The lowest BCUT2D eigenvalue weighted by atomic mass is 9.92. The highest BCUT2D eigenvalue weighted by molar-refractivity contribution is 7.78. The van der Waals surface area contributed by atoms with Crippen molar-refractivity contribution in [2.24, 2.45) is 0 Å². The number of hydrogen-bond donors (Lipinski definition) is 2. The molecule has 0 spiro atoms. The lowest BCUT2D eigenvalue weighted by Crippen LogP contribution is -2.59. The molecule has 0 aromatic heterocycles. The first kappa shape index (κ1) is 10.5. The van der Waals surface area contributed by atoms with E-state index in [1.54, 1.807) is 0 Å². The summed E-state index contributed by atoms with van der Waals surface area (Å²) in [6, 6.07) is 0.812. The van der Waals surface area contributed by atoms with Crippen molar-refractivity contribution < 1.29 is 0 Å². The van der Waals surface area contributed by atoms with Crippen molar-refractivity contribution in [2.75, 3.05) is 0 Å². The van der Waals surface area contributed by atoms with Gasteiger partial charge in [-0.1, -0.05) is 39.3 Å². The Labute approximate surface area is 86.2 Å². The number of thiol groups is 1. The van der Waals surface area contributed by atoms with Gasteiger partial charge in [-0.05, 0) is 13.3 Å². The second-order valence-electron chi connectivity index (χ2n) is 3.59. The lowest BCUT2D eigenvalue weighted by molar-refractivity contribution is 0.216. The number of nitrogens with one attached hydrogen (secondary N) is 1. The molecule has 1 rings (SSSR count). The van der Waals surface area contributed by atoms with Gasteiger partial charge in [0, 0.05) is 11.4 Å². The molecule has 0 bridgehead atoms. The van der Waals surface area contributed by atoms with E-state index in [4.69, 9.17) is 0 Å². The molecule has 2 unspecified atom stereocenters. The van der Waals surface area contributed by atoms with Crippen LogP contribution >= 0.6 is 12.8 Å². The maximum absolute atomic E-state index is 4.35. The van der Waals surface area contributed by atoms with E-state index in [0.29, 0.717) is 12.1 Å². The fourth-order valence-electron chi connectivity index (χ4n) is 1.67. The number of nitrogens with zero attached hydrogens (tertiary/aromatic N) is 1. The molecule has 2 nitrogen and oxygen atoms in total. The molecule has 1 N–H and O–H groups in total. The van der Waals surface area contributed by atoms with Crippen molar-refractivity contribution in [3.8, 4) is 0 Å². The highest BCUT2D eigenvalue weighted by atomic mass is 32.1. The van der Waals surface area contributed by atoms with E-state index >= 15 is 0 Å². The van der Waals surface area contributed by atoms with Crippen LogP contribution in [0.15, 0.2) is 24.6 Å². The lowest BCUT2D eigenvalue weighted by Gasteiger charge is -2.48. The molecule has 2 atom stereocenters. The molecule has 1 aliphatic rings. The van der Waals surface area contributed by atoms with Crippen molar-refractivity contribution in [1.29, 1.82) is 0 Å². The minimum atomic E-state index is 0.343. The summed E-state index contributed by atoms with van der Waals surface area (Å²) in [7, 11) is 0. The SMILES string of the molecule is C=C(C)NC1C(=C)N(S)C1CCC. The van der Waals surface area contributed by atoms with Gasteiger partial charge in [0.1, 0.15) is 0 Å². The highest BCUT2D eigenvalue weighted by Crippen LogP contribution is 2.33. The van der Waals surface area contributed by atoms with Crippen molar-refractivity contribution >= 4 is 12.8 Å². The second-order valence-corrected chi connectivity index (χ2v) is 4.03. The number of rotatable bonds is 4. The van der Waals surface area contributed by atoms with E-state index < -0.39 is 0 Å².